The predicted octanol–water partition coefficient (Wildman–Crippen LogP) is 3.28. The molecule has 1 unspecified atom stereocenters. The largest absolute Gasteiger partial charge is 0.351 e. The van der Waals surface area contributed by atoms with Crippen LogP contribution in [0.1, 0.15) is 32.3 Å². The molecule has 0 spiro atoms. The van der Waals surface area contributed by atoms with Gasteiger partial charge in [-0.25, -0.2) is 18.5 Å². The van der Waals surface area contributed by atoms with Crippen molar-refractivity contribution in [2.75, 3.05) is 0 Å². The van der Waals surface area contributed by atoms with Crippen LogP contribution < -0.4 is 10.5 Å². The first-order chi connectivity index (χ1) is 14.3. The van der Waals surface area contributed by atoms with Gasteiger partial charge in [-0.2, -0.15) is 0 Å². The molecule has 0 aliphatic heterocycles. The molecule has 2 aromatic carbocycles. The molecule has 1 aromatic heterocycles. The number of nitrogens with one attached hydrogen (secondary N) is 1. The quantitative estimate of drug-likeness (QED) is 0.491. The number of unbranched alkanes of at least 4 members (excludes halogenated alkanes) is 1. The smallest absolute Gasteiger partial charge is 0.238 e. The minimum absolute atomic E-state index is 0.0281. The third-order valence-corrected chi connectivity index (χ3v) is 6.71. The number of imidazole rings is 1. The second-order valence-corrected chi connectivity index (χ2v) is 9.93. The zero-order chi connectivity index (χ0) is 21.7. The third kappa shape index (κ3) is 5.41. The molecule has 3 N–H and O–H groups in total. The van der Waals surface area contributed by atoms with Gasteiger partial charge in [-0.1, -0.05) is 55.4 Å². The van der Waals surface area contributed by atoms with Crippen LogP contribution in [0.5, 0.6) is 0 Å². The summed E-state index contributed by atoms with van der Waals surface area (Å²) >= 11 is 1.36. The van der Waals surface area contributed by atoms with Crippen molar-refractivity contribution in [3.05, 3.63) is 54.1 Å². The molecule has 0 saturated carbocycles. The first kappa shape index (κ1) is 22.3. The maximum absolute atomic E-state index is 12.6. The molecule has 1 atom stereocenters. The van der Waals surface area contributed by atoms with Crippen LogP contribution in [-0.4, -0.2) is 29.1 Å². The Kier molecular flexibility index (Phi) is 7.17. The number of amides is 1. The summed E-state index contributed by atoms with van der Waals surface area (Å²) in [4.78, 5) is 17.2. The molecule has 3 aromatic rings. The van der Waals surface area contributed by atoms with E-state index in [1.54, 1.807) is 6.07 Å². The monoisotopic (exact) mass is 446 g/mol. The summed E-state index contributed by atoms with van der Waals surface area (Å²) in [6.07, 6.45) is 1.96. The van der Waals surface area contributed by atoms with E-state index in [-0.39, 0.29) is 16.1 Å². The lowest BCUT2D eigenvalue weighted by Crippen LogP contribution is -2.30. The van der Waals surface area contributed by atoms with Crippen LogP contribution in [0.25, 0.3) is 11.0 Å². The molecule has 0 aliphatic rings. The van der Waals surface area contributed by atoms with E-state index in [9.17, 15) is 13.2 Å². The van der Waals surface area contributed by atoms with Crippen LogP contribution in [0.4, 0.5) is 0 Å². The highest BCUT2D eigenvalue weighted by Gasteiger charge is 2.20. The molecule has 30 heavy (non-hydrogen) atoms. The van der Waals surface area contributed by atoms with Crippen LogP contribution in [0, 0.1) is 0 Å². The number of hydrogen-bond donors (Lipinski definition) is 2. The zero-order valence-electron chi connectivity index (χ0n) is 17.0. The number of aryl methyl sites for hydroxylation is 1. The first-order valence-electron chi connectivity index (χ1n) is 9.81. The van der Waals surface area contributed by atoms with Crippen molar-refractivity contribution in [3.8, 4) is 0 Å². The Morgan fingerprint density at radius 2 is 1.97 bits per heavy atom. The fourth-order valence-electron chi connectivity index (χ4n) is 3.03. The van der Waals surface area contributed by atoms with Gasteiger partial charge in [0.05, 0.1) is 21.2 Å². The number of aromatic nitrogens is 2. The van der Waals surface area contributed by atoms with E-state index >= 15 is 0 Å². The Hall–Kier alpha value is -2.36. The summed E-state index contributed by atoms with van der Waals surface area (Å²) < 4.78 is 25.4. The van der Waals surface area contributed by atoms with Crippen LogP contribution >= 0.6 is 11.8 Å². The Morgan fingerprint density at radius 3 is 2.63 bits per heavy atom. The van der Waals surface area contributed by atoms with Crippen LogP contribution in [-0.2, 0) is 27.9 Å². The van der Waals surface area contributed by atoms with Gasteiger partial charge in [0.25, 0.3) is 0 Å². The normalized spacial score (nSPS) is 12.8. The van der Waals surface area contributed by atoms with Gasteiger partial charge in [0, 0.05) is 13.1 Å². The van der Waals surface area contributed by atoms with Gasteiger partial charge in [-0.3, -0.25) is 4.79 Å². The Bertz CT molecular complexity index is 1130. The standard InChI is InChI=1S/C21H26N4O3S2/c1-3-4-12-25-19-11-10-17(30(22,27)28)13-18(19)24-21(25)29-15(2)20(26)23-14-16-8-6-5-7-9-16/h5-11,13,15H,3-4,12,14H2,1-2H3,(H,23,26)(H2,22,27,28). The Balaban J connectivity index is 1.81. The summed E-state index contributed by atoms with van der Waals surface area (Å²) in [5.74, 6) is -0.0804. The van der Waals surface area contributed by atoms with E-state index in [2.05, 4.69) is 17.2 Å². The van der Waals surface area contributed by atoms with E-state index in [0.717, 1.165) is 30.5 Å². The number of sulfonamides is 1. The van der Waals surface area contributed by atoms with Crippen molar-refractivity contribution in [3.63, 3.8) is 0 Å². The number of nitrogens with zero attached hydrogens (tertiary/aromatic N) is 2. The Morgan fingerprint density at radius 1 is 1.23 bits per heavy atom. The average molecular weight is 447 g/mol. The molecule has 7 nitrogen and oxygen atoms in total. The van der Waals surface area contributed by atoms with E-state index in [0.29, 0.717) is 17.2 Å². The number of primary sulfonamides is 1. The summed E-state index contributed by atoms with van der Waals surface area (Å²) in [6.45, 7) is 5.14. The first-order valence-corrected chi connectivity index (χ1v) is 12.2. The molecule has 1 amide bonds. The molecule has 160 valence electrons. The molecule has 0 saturated heterocycles. The highest BCUT2D eigenvalue weighted by Crippen LogP contribution is 2.29. The second kappa shape index (κ2) is 9.63. The Labute approximate surface area is 181 Å². The zero-order valence-corrected chi connectivity index (χ0v) is 18.7. The van der Waals surface area contributed by atoms with Crippen LogP contribution in [0.15, 0.2) is 58.6 Å². The van der Waals surface area contributed by atoms with Crippen molar-refractivity contribution < 1.29 is 13.2 Å². The summed E-state index contributed by atoms with van der Waals surface area (Å²) in [7, 11) is -3.81. The van der Waals surface area contributed by atoms with Crippen molar-refractivity contribution in [1.82, 2.24) is 14.9 Å². The molecule has 0 radical (unpaired) electrons. The van der Waals surface area contributed by atoms with Gasteiger partial charge < -0.3 is 9.88 Å². The number of carbonyl (C=O) groups excluding carboxylic acids is 1. The van der Waals surface area contributed by atoms with Crippen molar-refractivity contribution in [2.24, 2.45) is 5.14 Å². The van der Waals surface area contributed by atoms with E-state index in [1.165, 1.54) is 23.9 Å². The van der Waals surface area contributed by atoms with Crippen molar-refractivity contribution >= 4 is 38.7 Å². The van der Waals surface area contributed by atoms with Gasteiger partial charge in [0.1, 0.15) is 0 Å². The minimum atomic E-state index is -3.81. The summed E-state index contributed by atoms with van der Waals surface area (Å²) in [6, 6.07) is 14.4. The van der Waals surface area contributed by atoms with E-state index in [4.69, 9.17) is 5.14 Å². The number of fused-ring (bicyclic) bond motifs is 1. The van der Waals surface area contributed by atoms with Crippen LogP contribution in [0.2, 0.25) is 0 Å². The van der Waals surface area contributed by atoms with Gasteiger partial charge in [0.2, 0.25) is 15.9 Å². The number of carbonyl (C=O) groups is 1. The SMILES string of the molecule is CCCCn1c(SC(C)C(=O)NCc2ccccc2)nc2cc(S(N)(=O)=O)ccc21. The maximum atomic E-state index is 12.6. The second-order valence-electron chi connectivity index (χ2n) is 7.06. The third-order valence-electron chi connectivity index (χ3n) is 4.71. The fraction of sp³-hybridized carbons (Fsp3) is 0.333. The number of benzene rings is 2. The number of thioether (sulfide) groups is 1. The van der Waals surface area contributed by atoms with Gasteiger partial charge in [-0.05, 0) is 37.1 Å². The highest BCUT2D eigenvalue weighted by atomic mass is 32.2. The van der Waals surface area contributed by atoms with Gasteiger partial charge >= 0.3 is 0 Å². The lowest BCUT2D eigenvalue weighted by Gasteiger charge is -2.13. The minimum Gasteiger partial charge on any atom is -0.351 e. The molecular weight excluding hydrogens is 420 g/mol. The molecule has 1 heterocycles. The lowest BCUT2D eigenvalue weighted by molar-refractivity contribution is -0.120. The predicted molar refractivity (Wildman–Crippen MR) is 120 cm³/mol. The number of rotatable bonds is 9. The summed E-state index contributed by atoms with van der Waals surface area (Å²) in [5, 5.41) is 8.54. The average Bonchev–Trinajstić information content (AvgIpc) is 3.06. The molecule has 0 fully saturated rings. The lowest BCUT2D eigenvalue weighted by atomic mass is 10.2. The van der Waals surface area contributed by atoms with E-state index in [1.807, 2.05) is 41.8 Å². The van der Waals surface area contributed by atoms with Gasteiger partial charge in [-0.15, -0.1) is 0 Å². The van der Waals surface area contributed by atoms with Crippen molar-refractivity contribution in [1.29, 1.82) is 0 Å². The maximum Gasteiger partial charge on any atom is 0.238 e. The molecule has 0 bridgehead atoms. The fourth-order valence-corrected chi connectivity index (χ4v) is 4.54. The molecule has 9 heteroatoms. The molecular formula is C21H26N4O3S2. The van der Waals surface area contributed by atoms with E-state index < -0.39 is 10.0 Å². The molecule has 3 rings (SSSR count). The van der Waals surface area contributed by atoms with Crippen LogP contribution in [0.3, 0.4) is 0 Å². The summed E-state index contributed by atoms with van der Waals surface area (Å²) in [5.41, 5.74) is 2.42. The highest BCUT2D eigenvalue weighted by molar-refractivity contribution is 8.00. The number of nitrogens with two attached hydrogens (primary N) is 1. The van der Waals surface area contributed by atoms with Crippen molar-refractivity contribution in [2.45, 2.75) is 55.1 Å². The number of hydrogen-bond acceptors (Lipinski definition) is 5. The van der Waals surface area contributed by atoms with Gasteiger partial charge in [0.15, 0.2) is 5.16 Å². The molecule has 0 aliphatic carbocycles. The topological polar surface area (TPSA) is 107 Å².